The molecule has 3 aromatic carbocycles. The Morgan fingerprint density at radius 3 is 2.59 bits per heavy atom. The Bertz CT molecular complexity index is 1510. The molecule has 7 heteroatoms. The number of halogens is 2. The molecule has 0 aliphatic carbocycles. The molecule has 2 heterocycles. The summed E-state index contributed by atoms with van der Waals surface area (Å²) in [5.41, 5.74) is 3.51. The zero-order valence-electron chi connectivity index (χ0n) is 17.3. The Kier molecular flexibility index (Phi) is 5.27. The number of hydrogen-bond acceptors (Lipinski definition) is 3. The fourth-order valence-electron chi connectivity index (χ4n) is 3.99. The summed E-state index contributed by atoms with van der Waals surface area (Å²) in [4.78, 5) is 18.1. The lowest BCUT2D eigenvalue weighted by molar-refractivity contribution is 0.414. The molecule has 5 aromatic rings. The molecule has 0 saturated heterocycles. The van der Waals surface area contributed by atoms with E-state index in [0.29, 0.717) is 29.5 Å². The lowest BCUT2D eigenvalue weighted by Crippen LogP contribution is -2.23. The van der Waals surface area contributed by atoms with Crippen molar-refractivity contribution in [3.05, 3.63) is 105 Å². The first-order valence-corrected chi connectivity index (χ1v) is 10.9. The summed E-state index contributed by atoms with van der Waals surface area (Å²) in [6, 6.07) is 20.0. The molecule has 0 radical (unpaired) electrons. The van der Waals surface area contributed by atoms with Crippen LogP contribution in [0.15, 0.2) is 82.3 Å². The van der Waals surface area contributed by atoms with E-state index in [1.165, 1.54) is 18.5 Å². The summed E-state index contributed by atoms with van der Waals surface area (Å²) < 4.78 is 23.8. The van der Waals surface area contributed by atoms with Gasteiger partial charge >= 0.3 is 0 Å². The van der Waals surface area contributed by atoms with E-state index in [2.05, 4.69) is 20.9 Å². The zero-order valence-corrected chi connectivity index (χ0v) is 18.8. The Morgan fingerprint density at radius 1 is 1.00 bits per heavy atom. The molecule has 0 fully saturated rings. The van der Waals surface area contributed by atoms with E-state index in [0.717, 1.165) is 26.9 Å². The highest BCUT2D eigenvalue weighted by molar-refractivity contribution is 9.10. The van der Waals surface area contributed by atoms with E-state index >= 15 is 0 Å². The zero-order chi connectivity index (χ0) is 22.2. The third kappa shape index (κ3) is 3.69. The van der Waals surface area contributed by atoms with Crippen LogP contribution < -0.4 is 10.3 Å². The van der Waals surface area contributed by atoms with Crippen molar-refractivity contribution in [3.8, 4) is 5.75 Å². The Balaban J connectivity index is 1.69. The number of aromatic nitrogens is 3. The molecule has 5 nitrogen and oxygen atoms in total. The van der Waals surface area contributed by atoms with Crippen LogP contribution in [0.25, 0.3) is 21.9 Å². The molecule has 160 valence electrons. The van der Waals surface area contributed by atoms with Crippen molar-refractivity contribution < 1.29 is 9.13 Å². The molecule has 5 rings (SSSR count). The fraction of sp³-hybridized carbons (Fsp3) is 0.120. The molecule has 0 saturated carbocycles. The van der Waals surface area contributed by atoms with Crippen LogP contribution in [0.2, 0.25) is 0 Å². The first kappa shape index (κ1) is 20.5. The third-order valence-electron chi connectivity index (χ3n) is 5.53. The van der Waals surface area contributed by atoms with Crippen molar-refractivity contribution in [2.24, 2.45) is 0 Å². The van der Waals surface area contributed by atoms with E-state index in [-0.39, 0.29) is 11.4 Å². The third-order valence-corrected chi connectivity index (χ3v) is 6.06. The highest BCUT2D eigenvalue weighted by atomic mass is 79.9. The highest BCUT2D eigenvalue weighted by Gasteiger charge is 2.17. The average Bonchev–Trinajstić information content (AvgIpc) is 3.10. The lowest BCUT2D eigenvalue weighted by atomic mass is 10.2. The smallest absolute Gasteiger partial charge is 0.278 e. The number of hydrogen-bond donors (Lipinski definition) is 0. The monoisotopic (exact) mass is 491 g/mol. The Morgan fingerprint density at radius 2 is 1.81 bits per heavy atom. The molecule has 2 aromatic heterocycles. The summed E-state index contributed by atoms with van der Waals surface area (Å²) in [6.07, 6.45) is 1.53. The van der Waals surface area contributed by atoms with Crippen LogP contribution in [-0.4, -0.2) is 21.2 Å². The first-order chi connectivity index (χ1) is 15.5. The number of nitrogens with zero attached hydrogens (tertiary/aromatic N) is 3. The number of fused-ring (bicyclic) bond motifs is 3. The van der Waals surface area contributed by atoms with Gasteiger partial charge in [0.2, 0.25) is 0 Å². The van der Waals surface area contributed by atoms with Crippen molar-refractivity contribution in [1.82, 2.24) is 14.1 Å². The van der Waals surface area contributed by atoms with E-state index in [1.54, 1.807) is 17.7 Å². The van der Waals surface area contributed by atoms with Crippen molar-refractivity contribution in [1.29, 1.82) is 0 Å². The van der Waals surface area contributed by atoms with E-state index < -0.39 is 0 Å². The summed E-state index contributed by atoms with van der Waals surface area (Å²) in [5, 5.41) is 0.628. The maximum atomic E-state index is 14.0. The van der Waals surface area contributed by atoms with Gasteiger partial charge in [-0.2, -0.15) is 0 Å². The lowest BCUT2D eigenvalue weighted by Gasteiger charge is -2.10. The van der Waals surface area contributed by atoms with Gasteiger partial charge in [0, 0.05) is 16.4 Å². The molecule has 0 unspecified atom stereocenters. The Labute approximate surface area is 191 Å². The number of methoxy groups -OCH3 is 1. The normalized spacial score (nSPS) is 11.3. The maximum Gasteiger partial charge on any atom is 0.278 e. The summed E-state index contributed by atoms with van der Waals surface area (Å²) >= 11 is 3.45. The van der Waals surface area contributed by atoms with Gasteiger partial charge in [0.1, 0.15) is 22.6 Å². The Hall–Kier alpha value is -3.45. The largest absolute Gasteiger partial charge is 0.497 e. The van der Waals surface area contributed by atoms with Gasteiger partial charge in [-0.1, -0.05) is 40.2 Å². The van der Waals surface area contributed by atoms with Gasteiger partial charge in [-0.3, -0.25) is 9.36 Å². The molecule has 0 atom stereocenters. The van der Waals surface area contributed by atoms with Crippen molar-refractivity contribution in [2.45, 2.75) is 13.1 Å². The SMILES string of the molecule is COc1cccc(Cn2cnc3c4cc(F)ccc4n(Cc4ccc(Br)cc4)c3c2=O)c1. The van der Waals surface area contributed by atoms with Crippen LogP contribution in [0, 0.1) is 5.82 Å². The summed E-state index contributed by atoms with van der Waals surface area (Å²) in [6.45, 7) is 0.826. The fourth-order valence-corrected chi connectivity index (χ4v) is 4.25. The van der Waals surface area contributed by atoms with Crippen LogP contribution >= 0.6 is 15.9 Å². The summed E-state index contributed by atoms with van der Waals surface area (Å²) in [5.74, 6) is 0.368. The molecule has 0 aliphatic rings. The molecule has 32 heavy (non-hydrogen) atoms. The second kappa shape index (κ2) is 8.24. The molecule has 0 spiro atoms. The van der Waals surface area contributed by atoms with Gasteiger partial charge in [-0.15, -0.1) is 0 Å². The van der Waals surface area contributed by atoms with E-state index in [4.69, 9.17) is 4.74 Å². The van der Waals surface area contributed by atoms with E-state index in [9.17, 15) is 9.18 Å². The second-order valence-electron chi connectivity index (χ2n) is 7.60. The number of rotatable bonds is 5. The standard InChI is InChI=1S/C25H19BrFN3O2/c1-32-20-4-2-3-17(11-20)13-29-15-28-23-21-12-19(27)9-10-22(21)30(24(23)25(29)31)14-16-5-7-18(26)8-6-16/h2-12,15H,13-14H2,1H3. The quantitative estimate of drug-likeness (QED) is 0.332. The van der Waals surface area contributed by atoms with Gasteiger partial charge in [0.05, 0.1) is 25.5 Å². The van der Waals surface area contributed by atoms with Gasteiger partial charge in [0.25, 0.3) is 5.56 Å². The van der Waals surface area contributed by atoms with E-state index in [1.807, 2.05) is 53.1 Å². The minimum absolute atomic E-state index is 0.175. The molecular weight excluding hydrogens is 473 g/mol. The van der Waals surface area contributed by atoms with Crippen LogP contribution in [0.4, 0.5) is 4.39 Å². The van der Waals surface area contributed by atoms with Gasteiger partial charge in [0.15, 0.2) is 0 Å². The van der Waals surface area contributed by atoms with Gasteiger partial charge in [-0.25, -0.2) is 9.37 Å². The molecule has 0 bridgehead atoms. The van der Waals surface area contributed by atoms with Crippen LogP contribution in [0.5, 0.6) is 5.75 Å². The highest BCUT2D eigenvalue weighted by Crippen LogP contribution is 2.27. The molecule has 0 N–H and O–H groups in total. The number of benzene rings is 3. The predicted molar refractivity (Wildman–Crippen MR) is 127 cm³/mol. The van der Waals surface area contributed by atoms with Crippen LogP contribution in [-0.2, 0) is 13.1 Å². The minimum atomic E-state index is -0.359. The molecule has 0 aliphatic heterocycles. The molecular formula is C25H19BrFN3O2. The number of ether oxygens (including phenoxy) is 1. The van der Waals surface area contributed by atoms with Gasteiger partial charge < -0.3 is 9.30 Å². The predicted octanol–water partition coefficient (Wildman–Crippen LogP) is 5.36. The minimum Gasteiger partial charge on any atom is -0.497 e. The first-order valence-electron chi connectivity index (χ1n) is 10.1. The second-order valence-corrected chi connectivity index (χ2v) is 8.52. The molecule has 0 amide bonds. The maximum absolute atomic E-state index is 14.0. The van der Waals surface area contributed by atoms with Crippen molar-refractivity contribution in [2.75, 3.05) is 7.11 Å². The summed E-state index contributed by atoms with van der Waals surface area (Å²) in [7, 11) is 1.61. The average molecular weight is 492 g/mol. The van der Waals surface area contributed by atoms with Crippen molar-refractivity contribution in [3.63, 3.8) is 0 Å². The van der Waals surface area contributed by atoms with Crippen LogP contribution in [0.1, 0.15) is 11.1 Å². The topological polar surface area (TPSA) is 49.0 Å². The van der Waals surface area contributed by atoms with Crippen LogP contribution in [0.3, 0.4) is 0 Å². The van der Waals surface area contributed by atoms with Gasteiger partial charge in [-0.05, 0) is 53.6 Å². The van der Waals surface area contributed by atoms with Crippen molar-refractivity contribution >= 4 is 37.9 Å².